The van der Waals surface area contributed by atoms with E-state index in [1.54, 1.807) is 0 Å². The zero-order valence-electron chi connectivity index (χ0n) is 15.6. The highest BCUT2D eigenvalue weighted by molar-refractivity contribution is 6.04. The van der Waals surface area contributed by atoms with Crippen LogP contribution in [0.1, 0.15) is 52.6 Å². The number of carbonyl (C=O) groups is 1. The minimum Gasteiger partial charge on any atom is -0.320 e. The van der Waals surface area contributed by atoms with E-state index in [1.165, 1.54) is 24.9 Å². The molecule has 0 aliphatic carbocycles. The molecule has 1 fully saturated rings. The number of anilines is 1. The van der Waals surface area contributed by atoms with Gasteiger partial charge < -0.3 is 5.32 Å². The van der Waals surface area contributed by atoms with E-state index >= 15 is 0 Å². The molecule has 4 nitrogen and oxygen atoms in total. The molecule has 1 aliphatic heterocycles. The van der Waals surface area contributed by atoms with E-state index in [0.717, 1.165) is 29.2 Å². The number of nitrogens with zero attached hydrogens (tertiary/aromatic N) is 2. The Balaban J connectivity index is 1.69. The first-order valence-corrected chi connectivity index (χ1v) is 9.03. The van der Waals surface area contributed by atoms with Crippen LogP contribution in [0.5, 0.6) is 0 Å². The highest BCUT2D eigenvalue weighted by atomic mass is 16.1. The van der Waals surface area contributed by atoms with Crippen molar-refractivity contribution in [2.75, 3.05) is 11.9 Å². The van der Waals surface area contributed by atoms with Crippen LogP contribution >= 0.6 is 0 Å². The third-order valence-corrected chi connectivity index (χ3v) is 5.06. The summed E-state index contributed by atoms with van der Waals surface area (Å²) in [5, 5.41) is 3.01. The summed E-state index contributed by atoms with van der Waals surface area (Å²) in [5.41, 5.74) is 5.61. The summed E-state index contributed by atoms with van der Waals surface area (Å²) < 4.78 is 0. The standard InChI is InChI=1S/C21H27N3O/c1-14-12-15(2)22-17(4)20(14)23-21(25)19-9-7-18(8-10-19)13-24-11-5-6-16(24)3/h7-10,12,16H,5-6,11,13H2,1-4H3,(H,23,25)/t16-/m1/s1. The second-order valence-corrected chi connectivity index (χ2v) is 7.15. The van der Waals surface area contributed by atoms with Crippen LogP contribution in [0, 0.1) is 20.8 Å². The van der Waals surface area contributed by atoms with Crippen molar-refractivity contribution in [3.63, 3.8) is 0 Å². The summed E-state index contributed by atoms with van der Waals surface area (Å²) in [5.74, 6) is -0.0852. The Hall–Kier alpha value is -2.20. The van der Waals surface area contributed by atoms with Crippen molar-refractivity contribution in [3.8, 4) is 0 Å². The Morgan fingerprint density at radius 3 is 2.56 bits per heavy atom. The van der Waals surface area contributed by atoms with Crippen molar-refractivity contribution in [3.05, 3.63) is 58.4 Å². The lowest BCUT2D eigenvalue weighted by Gasteiger charge is -2.21. The zero-order chi connectivity index (χ0) is 18.0. The third kappa shape index (κ3) is 4.07. The fourth-order valence-electron chi connectivity index (χ4n) is 3.62. The van der Waals surface area contributed by atoms with E-state index in [9.17, 15) is 4.79 Å². The van der Waals surface area contributed by atoms with Gasteiger partial charge in [0, 0.05) is 23.8 Å². The molecule has 2 heterocycles. The van der Waals surface area contributed by atoms with Crippen molar-refractivity contribution in [2.24, 2.45) is 0 Å². The fourth-order valence-corrected chi connectivity index (χ4v) is 3.62. The number of carbonyl (C=O) groups excluding carboxylic acids is 1. The largest absolute Gasteiger partial charge is 0.320 e. The quantitative estimate of drug-likeness (QED) is 0.907. The monoisotopic (exact) mass is 337 g/mol. The molecule has 132 valence electrons. The van der Waals surface area contributed by atoms with Gasteiger partial charge in [-0.25, -0.2) is 0 Å². The fraction of sp³-hybridized carbons (Fsp3) is 0.429. The molecule has 1 N–H and O–H groups in total. The van der Waals surface area contributed by atoms with Crippen LogP contribution in [0.4, 0.5) is 5.69 Å². The molecular weight excluding hydrogens is 310 g/mol. The summed E-state index contributed by atoms with van der Waals surface area (Å²) >= 11 is 0. The van der Waals surface area contributed by atoms with E-state index < -0.39 is 0 Å². The summed E-state index contributed by atoms with van der Waals surface area (Å²) in [4.78, 5) is 19.5. The van der Waals surface area contributed by atoms with Crippen LogP contribution in [0.2, 0.25) is 0 Å². The summed E-state index contributed by atoms with van der Waals surface area (Å²) in [6, 6.07) is 10.6. The second kappa shape index (κ2) is 7.36. The number of rotatable bonds is 4. The van der Waals surface area contributed by atoms with Crippen molar-refractivity contribution >= 4 is 11.6 Å². The SMILES string of the molecule is Cc1cc(C)c(NC(=O)c2ccc(CN3CCC[C@H]3C)cc2)c(C)n1. The minimum atomic E-state index is -0.0852. The summed E-state index contributed by atoms with van der Waals surface area (Å²) in [7, 11) is 0. The van der Waals surface area contributed by atoms with Gasteiger partial charge in [-0.05, 0) is 76.4 Å². The van der Waals surface area contributed by atoms with Crippen LogP contribution in [0.15, 0.2) is 30.3 Å². The molecule has 0 saturated carbocycles. The van der Waals surface area contributed by atoms with Crippen molar-refractivity contribution in [1.29, 1.82) is 0 Å². The van der Waals surface area contributed by atoms with Gasteiger partial charge in [0.2, 0.25) is 0 Å². The lowest BCUT2D eigenvalue weighted by molar-refractivity contribution is 0.102. The first-order valence-electron chi connectivity index (χ1n) is 9.03. The predicted octanol–water partition coefficient (Wildman–Crippen LogP) is 4.24. The Bertz CT molecular complexity index is 744. The number of amides is 1. The van der Waals surface area contributed by atoms with Gasteiger partial charge >= 0.3 is 0 Å². The van der Waals surface area contributed by atoms with E-state index in [-0.39, 0.29) is 5.91 Å². The lowest BCUT2D eigenvalue weighted by Crippen LogP contribution is -2.26. The highest BCUT2D eigenvalue weighted by Gasteiger charge is 2.20. The molecule has 0 bridgehead atoms. The minimum absolute atomic E-state index is 0.0852. The van der Waals surface area contributed by atoms with Crippen molar-refractivity contribution < 1.29 is 4.79 Å². The molecular formula is C21H27N3O. The zero-order valence-corrected chi connectivity index (χ0v) is 15.6. The number of nitrogens with one attached hydrogen (secondary N) is 1. The van der Waals surface area contributed by atoms with Gasteiger partial charge in [0.1, 0.15) is 0 Å². The molecule has 1 amide bonds. The van der Waals surface area contributed by atoms with Crippen LogP contribution < -0.4 is 5.32 Å². The molecule has 0 spiro atoms. The van der Waals surface area contributed by atoms with E-state index in [2.05, 4.69) is 34.3 Å². The average molecular weight is 337 g/mol. The van der Waals surface area contributed by atoms with Crippen LogP contribution in [-0.2, 0) is 6.54 Å². The van der Waals surface area contributed by atoms with Crippen molar-refractivity contribution in [2.45, 2.75) is 53.1 Å². The molecule has 1 aromatic heterocycles. The molecule has 1 aromatic carbocycles. The van der Waals surface area contributed by atoms with Gasteiger partial charge in [0.15, 0.2) is 0 Å². The topological polar surface area (TPSA) is 45.2 Å². The van der Waals surface area contributed by atoms with Gasteiger partial charge in [0.05, 0.1) is 11.4 Å². The number of aryl methyl sites for hydroxylation is 3. The molecule has 0 radical (unpaired) electrons. The van der Waals surface area contributed by atoms with Crippen LogP contribution in [0.3, 0.4) is 0 Å². The number of hydrogen-bond donors (Lipinski definition) is 1. The average Bonchev–Trinajstić information content (AvgIpc) is 2.96. The maximum atomic E-state index is 12.6. The molecule has 1 atom stereocenters. The Morgan fingerprint density at radius 1 is 1.24 bits per heavy atom. The smallest absolute Gasteiger partial charge is 0.255 e. The first kappa shape index (κ1) is 17.6. The number of pyridine rings is 1. The first-order chi connectivity index (χ1) is 11.9. The van der Waals surface area contributed by atoms with Gasteiger partial charge in [-0.15, -0.1) is 0 Å². The number of likely N-dealkylation sites (tertiary alicyclic amines) is 1. The Labute approximate surface area is 150 Å². The van der Waals surface area contributed by atoms with Gasteiger partial charge in [-0.2, -0.15) is 0 Å². The van der Waals surface area contributed by atoms with Crippen LogP contribution in [-0.4, -0.2) is 28.4 Å². The van der Waals surface area contributed by atoms with Crippen molar-refractivity contribution in [1.82, 2.24) is 9.88 Å². The molecule has 25 heavy (non-hydrogen) atoms. The van der Waals surface area contributed by atoms with E-state index in [4.69, 9.17) is 0 Å². The molecule has 4 heteroatoms. The third-order valence-electron chi connectivity index (χ3n) is 5.06. The molecule has 1 saturated heterocycles. The van der Waals surface area contributed by atoms with Gasteiger partial charge in [0.25, 0.3) is 5.91 Å². The summed E-state index contributed by atoms with van der Waals surface area (Å²) in [6.07, 6.45) is 2.56. The Kier molecular flexibility index (Phi) is 5.19. The van der Waals surface area contributed by atoms with Gasteiger partial charge in [-0.3, -0.25) is 14.7 Å². The maximum absolute atomic E-state index is 12.6. The van der Waals surface area contributed by atoms with E-state index in [0.29, 0.717) is 11.6 Å². The number of hydrogen-bond acceptors (Lipinski definition) is 3. The van der Waals surface area contributed by atoms with E-state index in [1.807, 2.05) is 39.0 Å². The molecule has 1 aliphatic rings. The number of aromatic nitrogens is 1. The van der Waals surface area contributed by atoms with Gasteiger partial charge in [-0.1, -0.05) is 12.1 Å². The molecule has 0 unspecified atom stereocenters. The molecule has 2 aromatic rings. The second-order valence-electron chi connectivity index (χ2n) is 7.15. The number of benzene rings is 1. The molecule has 3 rings (SSSR count). The predicted molar refractivity (Wildman–Crippen MR) is 102 cm³/mol. The Morgan fingerprint density at radius 2 is 1.96 bits per heavy atom. The summed E-state index contributed by atoms with van der Waals surface area (Å²) in [6.45, 7) is 10.3. The normalized spacial score (nSPS) is 17.7. The maximum Gasteiger partial charge on any atom is 0.255 e. The van der Waals surface area contributed by atoms with Crippen LogP contribution in [0.25, 0.3) is 0 Å². The highest BCUT2D eigenvalue weighted by Crippen LogP contribution is 2.21. The lowest BCUT2D eigenvalue weighted by atomic mass is 10.1.